The molecule has 3 nitrogen and oxygen atoms in total. The van der Waals surface area contributed by atoms with Gasteiger partial charge in [0.2, 0.25) is 0 Å². The largest absolute Gasteiger partial charge is 0.497 e. The Morgan fingerprint density at radius 2 is 1.61 bits per heavy atom. The van der Waals surface area contributed by atoms with E-state index in [2.05, 4.69) is 13.8 Å². The lowest BCUT2D eigenvalue weighted by Crippen LogP contribution is -1.94. The molecular weight excluding hydrogens is 226 g/mol. The van der Waals surface area contributed by atoms with Crippen LogP contribution in [0.25, 0.3) is 0 Å². The minimum absolute atomic E-state index is 0.563. The highest BCUT2D eigenvalue weighted by molar-refractivity contribution is 5.57. The highest BCUT2D eigenvalue weighted by atomic mass is 16.5. The maximum atomic E-state index is 5.91. The van der Waals surface area contributed by atoms with E-state index >= 15 is 0 Å². The smallest absolute Gasteiger partial charge is 0.150 e. The molecule has 0 spiro atoms. The fourth-order valence-electron chi connectivity index (χ4n) is 1.65. The van der Waals surface area contributed by atoms with Gasteiger partial charge in [0.05, 0.1) is 12.8 Å². The molecule has 0 saturated carbocycles. The van der Waals surface area contributed by atoms with Crippen LogP contribution in [-0.4, -0.2) is 7.11 Å². The van der Waals surface area contributed by atoms with Crippen LogP contribution in [0.3, 0.4) is 0 Å². The predicted molar refractivity (Wildman–Crippen MR) is 73.4 cm³/mol. The van der Waals surface area contributed by atoms with Crippen LogP contribution in [0.5, 0.6) is 17.2 Å². The molecule has 18 heavy (non-hydrogen) atoms. The molecule has 94 valence electrons. The third kappa shape index (κ3) is 2.56. The molecule has 0 aliphatic heterocycles. The molecule has 0 unspecified atom stereocenters. The van der Waals surface area contributed by atoms with Gasteiger partial charge in [0.25, 0.3) is 0 Å². The summed E-state index contributed by atoms with van der Waals surface area (Å²) in [6, 6.07) is 11.3. The summed E-state index contributed by atoms with van der Waals surface area (Å²) in [5.74, 6) is 2.15. The van der Waals surface area contributed by atoms with Gasteiger partial charge in [-0.05, 0) is 49.2 Å². The summed E-state index contributed by atoms with van der Waals surface area (Å²) in [7, 11) is 1.61. The number of anilines is 1. The zero-order valence-corrected chi connectivity index (χ0v) is 10.9. The minimum atomic E-state index is 0.563. The maximum absolute atomic E-state index is 5.91. The molecule has 2 aromatic carbocycles. The van der Waals surface area contributed by atoms with Crippen molar-refractivity contribution < 1.29 is 9.47 Å². The first-order chi connectivity index (χ1) is 8.60. The van der Waals surface area contributed by atoms with Crippen LogP contribution in [-0.2, 0) is 0 Å². The Morgan fingerprint density at radius 3 is 2.22 bits per heavy atom. The van der Waals surface area contributed by atoms with Crippen molar-refractivity contribution in [1.82, 2.24) is 0 Å². The summed E-state index contributed by atoms with van der Waals surface area (Å²) < 4.78 is 10.9. The maximum Gasteiger partial charge on any atom is 0.150 e. The Balaban J connectivity index is 2.25. The molecule has 2 N–H and O–H groups in total. The van der Waals surface area contributed by atoms with Crippen molar-refractivity contribution in [2.24, 2.45) is 0 Å². The third-order valence-corrected chi connectivity index (χ3v) is 2.92. The van der Waals surface area contributed by atoms with Crippen LogP contribution in [0, 0.1) is 13.8 Å². The minimum Gasteiger partial charge on any atom is -0.497 e. The highest BCUT2D eigenvalue weighted by Crippen LogP contribution is 2.31. The van der Waals surface area contributed by atoms with Gasteiger partial charge in [0, 0.05) is 6.07 Å². The topological polar surface area (TPSA) is 44.5 Å². The van der Waals surface area contributed by atoms with Gasteiger partial charge in [-0.25, -0.2) is 0 Å². The van der Waals surface area contributed by atoms with E-state index in [9.17, 15) is 0 Å². The summed E-state index contributed by atoms with van der Waals surface area (Å²) >= 11 is 0. The number of benzene rings is 2. The average molecular weight is 243 g/mol. The Bertz CT molecular complexity index is 564. The van der Waals surface area contributed by atoms with Crippen LogP contribution >= 0.6 is 0 Å². The van der Waals surface area contributed by atoms with Gasteiger partial charge in [0.15, 0.2) is 5.75 Å². The van der Waals surface area contributed by atoms with Crippen molar-refractivity contribution in [3.8, 4) is 17.2 Å². The first-order valence-electron chi connectivity index (χ1n) is 5.79. The second-order valence-electron chi connectivity index (χ2n) is 4.25. The van der Waals surface area contributed by atoms with Gasteiger partial charge in [0.1, 0.15) is 11.5 Å². The van der Waals surface area contributed by atoms with E-state index in [0.29, 0.717) is 11.4 Å². The van der Waals surface area contributed by atoms with Gasteiger partial charge in [-0.3, -0.25) is 0 Å². The average Bonchev–Trinajstić information content (AvgIpc) is 2.36. The Morgan fingerprint density at radius 1 is 0.889 bits per heavy atom. The third-order valence-electron chi connectivity index (χ3n) is 2.92. The van der Waals surface area contributed by atoms with Crippen molar-refractivity contribution in [3.05, 3.63) is 47.5 Å². The lowest BCUT2D eigenvalue weighted by Gasteiger charge is -2.11. The molecule has 0 aliphatic rings. The van der Waals surface area contributed by atoms with E-state index in [4.69, 9.17) is 15.2 Å². The van der Waals surface area contributed by atoms with Gasteiger partial charge in [-0.1, -0.05) is 6.07 Å². The van der Waals surface area contributed by atoms with Gasteiger partial charge in [-0.15, -0.1) is 0 Å². The summed E-state index contributed by atoms with van der Waals surface area (Å²) in [5.41, 5.74) is 8.91. The second kappa shape index (κ2) is 5.00. The number of rotatable bonds is 3. The number of nitrogen functional groups attached to an aromatic ring is 1. The molecule has 3 heteroatoms. The number of hydrogen-bond acceptors (Lipinski definition) is 3. The molecule has 0 amide bonds. The van der Waals surface area contributed by atoms with E-state index < -0.39 is 0 Å². The van der Waals surface area contributed by atoms with Crippen molar-refractivity contribution in [1.29, 1.82) is 0 Å². The monoisotopic (exact) mass is 243 g/mol. The molecule has 0 saturated heterocycles. The number of methoxy groups -OCH3 is 1. The van der Waals surface area contributed by atoms with E-state index in [1.54, 1.807) is 13.2 Å². The summed E-state index contributed by atoms with van der Waals surface area (Å²) in [6.07, 6.45) is 0. The van der Waals surface area contributed by atoms with E-state index in [0.717, 1.165) is 11.5 Å². The number of nitrogens with two attached hydrogens (primary N) is 1. The fourth-order valence-corrected chi connectivity index (χ4v) is 1.65. The lowest BCUT2D eigenvalue weighted by atomic mass is 10.1. The predicted octanol–water partition coefficient (Wildman–Crippen LogP) is 3.69. The van der Waals surface area contributed by atoms with Crippen LogP contribution in [0.1, 0.15) is 11.1 Å². The number of hydrogen-bond donors (Lipinski definition) is 1. The van der Waals surface area contributed by atoms with Gasteiger partial charge < -0.3 is 15.2 Å². The Hall–Kier alpha value is -2.16. The van der Waals surface area contributed by atoms with Crippen molar-refractivity contribution in [2.45, 2.75) is 13.8 Å². The van der Waals surface area contributed by atoms with Crippen molar-refractivity contribution >= 4 is 5.69 Å². The van der Waals surface area contributed by atoms with Crippen molar-refractivity contribution in [3.63, 3.8) is 0 Å². The lowest BCUT2D eigenvalue weighted by molar-refractivity contribution is 0.413. The second-order valence-corrected chi connectivity index (χ2v) is 4.25. The summed E-state index contributed by atoms with van der Waals surface area (Å²) in [5, 5.41) is 0. The molecule has 0 aromatic heterocycles. The first kappa shape index (κ1) is 12.3. The number of ether oxygens (including phenoxy) is 2. The van der Waals surface area contributed by atoms with Gasteiger partial charge >= 0.3 is 0 Å². The molecule has 0 aliphatic carbocycles. The zero-order chi connectivity index (χ0) is 13.1. The van der Waals surface area contributed by atoms with Crippen LogP contribution < -0.4 is 15.2 Å². The quantitative estimate of drug-likeness (QED) is 0.836. The Labute approximate surface area is 107 Å². The summed E-state index contributed by atoms with van der Waals surface area (Å²) in [4.78, 5) is 0. The van der Waals surface area contributed by atoms with Gasteiger partial charge in [-0.2, -0.15) is 0 Å². The fraction of sp³-hybridized carbons (Fsp3) is 0.200. The summed E-state index contributed by atoms with van der Waals surface area (Å²) in [6.45, 7) is 4.13. The molecule has 0 bridgehead atoms. The van der Waals surface area contributed by atoms with Crippen LogP contribution in [0.4, 0.5) is 5.69 Å². The van der Waals surface area contributed by atoms with Crippen LogP contribution in [0.15, 0.2) is 36.4 Å². The molecule has 0 heterocycles. The van der Waals surface area contributed by atoms with E-state index in [1.165, 1.54) is 11.1 Å². The molecular formula is C15H17NO2. The Kier molecular flexibility index (Phi) is 3.42. The standard InChI is InChI=1S/C15H17NO2/c1-10-4-5-13(8-11(10)2)18-15-7-6-12(17-3)9-14(15)16/h4-9H,16H2,1-3H3. The first-order valence-corrected chi connectivity index (χ1v) is 5.79. The van der Waals surface area contributed by atoms with Crippen molar-refractivity contribution in [2.75, 3.05) is 12.8 Å². The SMILES string of the molecule is COc1ccc(Oc2ccc(C)c(C)c2)c(N)c1. The molecule has 2 rings (SSSR count). The normalized spacial score (nSPS) is 10.2. The van der Waals surface area contributed by atoms with Crippen LogP contribution in [0.2, 0.25) is 0 Å². The van der Waals surface area contributed by atoms with E-state index in [1.807, 2.05) is 30.3 Å². The highest BCUT2D eigenvalue weighted by Gasteiger charge is 2.04. The molecule has 0 fully saturated rings. The number of aryl methyl sites for hydroxylation is 2. The zero-order valence-electron chi connectivity index (χ0n) is 10.9. The molecule has 0 radical (unpaired) electrons. The molecule has 0 atom stereocenters. The molecule has 2 aromatic rings. The van der Waals surface area contributed by atoms with E-state index in [-0.39, 0.29) is 0 Å².